The van der Waals surface area contributed by atoms with E-state index >= 15 is 0 Å². The van der Waals surface area contributed by atoms with Crippen molar-refractivity contribution < 1.29 is 4.42 Å². The largest absolute Gasteiger partial charge is 0.443 e. The third-order valence-electron chi connectivity index (χ3n) is 2.10. The minimum atomic E-state index is 0.424. The van der Waals surface area contributed by atoms with Crippen LogP contribution in [0.4, 0.5) is 0 Å². The maximum absolute atomic E-state index is 5.24. The van der Waals surface area contributed by atoms with Crippen molar-refractivity contribution in [2.45, 2.75) is 26.7 Å². The summed E-state index contributed by atoms with van der Waals surface area (Å²) in [7, 11) is 0. The smallest absolute Gasteiger partial charge is 0.182 e. The quantitative estimate of drug-likeness (QED) is 0.670. The van der Waals surface area contributed by atoms with E-state index in [2.05, 4.69) is 23.8 Å². The molecule has 0 aliphatic rings. The number of aryl methyl sites for hydroxylation is 1. The molecule has 0 aliphatic carbocycles. The van der Waals surface area contributed by atoms with Gasteiger partial charge in [0, 0.05) is 11.8 Å². The average molecular weight is 176 g/mol. The van der Waals surface area contributed by atoms with Gasteiger partial charge in [-0.05, 0) is 12.8 Å². The Hall–Kier alpha value is -1.38. The Balaban J connectivity index is 2.70. The van der Waals surface area contributed by atoms with Gasteiger partial charge in [0.05, 0.1) is 5.69 Å². The Labute approximate surface area is 76.8 Å². The van der Waals surface area contributed by atoms with E-state index in [1.807, 2.05) is 13.0 Å². The van der Waals surface area contributed by atoms with Crippen LogP contribution in [0.25, 0.3) is 11.1 Å². The van der Waals surface area contributed by atoms with Crippen LogP contribution in [0.5, 0.6) is 0 Å². The molecule has 0 spiro atoms. The van der Waals surface area contributed by atoms with Gasteiger partial charge in [0.25, 0.3) is 0 Å². The second-order valence-electron chi connectivity index (χ2n) is 3.49. The number of pyridine rings is 1. The molecule has 0 radical (unpaired) electrons. The van der Waals surface area contributed by atoms with Crippen LogP contribution < -0.4 is 0 Å². The zero-order valence-electron chi connectivity index (χ0n) is 8.03. The third-order valence-corrected chi connectivity index (χ3v) is 2.10. The van der Waals surface area contributed by atoms with E-state index in [1.165, 1.54) is 6.39 Å². The van der Waals surface area contributed by atoms with Gasteiger partial charge in [-0.25, -0.2) is 4.98 Å². The predicted octanol–water partition coefficient (Wildman–Crippen LogP) is 2.65. The van der Waals surface area contributed by atoms with Crippen molar-refractivity contribution in [3.63, 3.8) is 0 Å². The summed E-state index contributed by atoms with van der Waals surface area (Å²) in [5.74, 6) is 0.424. The summed E-state index contributed by atoms with van der Waals surface area (Å²) in [6.45, 7) is 6.19. The van der Waals surface area contributed by atoms with Crippen LogP contribution in [-0.2, 0) is 0 Å². The SMILES string of the molecule is Cc1nc(C(C)C)cc2ocnc12. The fourth-order valence-electron chi connectivity index (χ4n) is 1.34. The van der Waals surface area contributed by atoms with E-state index in [0.717, 1.165) is 22.5 Å². The van der Waals surface area contributed by atoms with Gasteiger partial charge in [-0.1, -0.05) is 13.8 Å². The Morgan fingerprint density at radius 1 is 1.38 bits per heavy atom. The summed E-state index contributed by atoms with van der Waals surface area (Å²) in [6.07, 6.45) is 1.46. The second kappa shape index (κ2) is 2.83. The van der Waals surface area contributed by atoms with Crippen LogP contribution in [-0.4, -0.2) is 9.97 Å². The first-order valence-electron chi connectivity index (χ1n) is 4.39. The molecule has 3 nitrogen and oxygen atoms in total. The lowest BCUT2D eigenvalue weighted by Crippen LogP contribution is -1.94. The highest BCUT2D eigenvalue weighted by Gasteiger charge is 2.08. The van der Waals surface area contributed by atoms with Crippen molar-refractivity contribution in [2.24, 2.45) is 0 Å². The molecule has 0 saturated heterocycles. The van der Waals surface area contributed by atoms with Gasteiger partial charge in [0.1, 0.15) is 5.52 Å². The summed E-state index contributed by atoms with van der Waals surface area (Å²) >= 11 is 0. The van der Waals surface area contributed by atoms with Gasteiger partial charge < -0.3 is 4.42 Å². The molecule has 0 aliphatic heterocycles. The van der Waals surface area contributed by atoms with Crippen LogP contribution >= 0.6 is 0 Å². The van der Waals surface area contributed by atoms with E-state index in [0.29, 0.717) is 5.92 Å². The fraction of sp³-hybridized carbons (Fsp3) is 0.400. The van der Waals surface area contributed by atoms with Gasteiger partial charge in [-0.3, -0.25) is 4.98 Å². The second-order valence-corrected chi connectivity index (χ2v) is 3.49. The maximum Gasteiger partial charge on any atom is 0.182 e. The minimum Gasteiger partial charge on any atom is -0.443 e. The lowest BCUT2D eigenvalue weighted by molar-refractivity contribution is 0.600. The molecular weight excluding hydrogens is 164 g/mol. The molecule has 0 atom stereocenters. The lowest BCUT2D eigenvalue weighted by Gasteiger charge is -2.04. The van der Waals surface area contributed by atoms with Crippen molar-refractivity contribution in [3.05, 3.63) is 23.8 Å². The Bertz CT molecular complexity index is 431. The van der Waals surface area contributed by atoms with E-state index in [9.17, 15) is 0 Å². The minimum absolute atomic E-state index is 0.424. The molecule has 13 heavy (non-hydrogen) atoms. The highest BCUT2D eigenvalue weighted by atomic mass is 16.3. The first-order chi connectivity index (χ1) is 6.18. The van der Waals surface area contributed by atoms with Gasteiger partial charge >= 0.3 is 0 Å². The highest BCUT2D eigenvalue weighted by Crippen LogP contribution is 2.20. The third kappa shape index (κ3) is 1.30. The molecule has 2 aromatic heterocycles. The molecule has 2 heterocycles. The highest BCUT2D eigenvalue weighted by molar-refractivity contribution is 5.74. The van der Waals surface area contributed by atoms with E-state index in [-0.39, 0.29) is 0 Å². The van der Waals surface area contributed by atoms with Crippen LogP contribution in [0.15, 0.2) is 16.9 Å². The first kappa shape index (κ1) is 8.23. The van der Waals surface area contributed by atoms with Crippen LogP contribution in [0.1, 0.15) is 31.2 Å². The van der Waals surface area contributed by atoms with Gasteiger partial charge in [-0.2, -0.15) is 0 Å². The molecule has 3 heteroatoms. The number of hydrogen-bond donors (Lipinski definition) is 0. The van der Waals surface area contributed by atoms with Crippen molar-refractivity contribution in [2.75, 3.05) is 0 Å². The molecule has 0 unspecified atom stereocenters. The van der Waals surface area contributed by atoms with E-state index < -0.39 is 0 Å². The van der Waals surface area contributed by atoms with Gasteiger partial charge in [0.2, 0.25) is 0 Å². The molecule has 0 N–H and O–H groups in total. The first-order valence-corrected chi connectivity index (χ1v) is 4.39. The summed E-state index contributed by atoms with van der Waals surface area (Å²) in [5.41, 5.74) is 3.69. The average Bonchev–Trinajstić information content (AvgIpc) is 2.51. The summed E-state index contributed by atoms with van der Waals surface area (Å²) < 4.78 is 5.24. The number of hydrogen-bond acceptors (Lipinski definition) is 3. The standard InChI is InChI=1S/C10H12N2O/c1-6(2)8-4-9-10(7(3)12-8)11-5-13-9/h4-6H,1-3H3. The Morgan fingerprint density at radius 3 is 2.85 bits per heavy atom. The molecule has 2 rings (SSSR count). The zero-order valence-corrected chi connectivity index (χ0v) is 8.03. The fourth-order valence-corrected chi connectivity index (χ4v) is 1.34. The summed E-state index contributed by atoms with van der Waals surface area (Å²) in [5, 5.41) is 0. The van der Waals surface area contributed by atoms with Crippen molar-refractivity contribution in [1.82, 2.24) is 9.97 Å². The molecule has 0 aromatic carbocycles. The summed E-state index contributed by atoms with van der Waals surface area (Å²) in [6, 6.07) is 1.96. The predicted molar refractivity (Wildman–Crippen MR) is 50.6 cm³/mol. The molecule has 0 bridgehead atoms. The topological polar surface area (TPSA) is 38.9 Å². The van der Waals surface area contributed by atoms with Crippen LogP contribution in [0.2, 0.25) is 0 Å². The van der Waals surface area contributed by atoms with Crippen LogP contribution in [0.3, 0.4) is 0 Å². The molecule has 0 amide bonds. The zero-order chi connectivity index (χ0) is 9.42. The maximum atomic E-state index is 5.24. The molecule has 0 saturated carbocycles. The van der Waals surface area contributed by atoms with Crippen molar-refractivity contribution >= 4 is 11.1 Å². The summed E-state index contributed by atoms with van der Waals surface area (Å²) in [4.78, 5) is 8.54. The van der Waals surface area contributed by atoms with Crippen LogP contribution in [0, 0.1) is 6.92 Å². The Morgan fingerprint density at radius 2 is 2.15 bits per heavy atom. The number of fused-ring (bicyclic) bond motifs is 1. The molecule has 0 fully saturated rings. The Kier molecular flexibility index (Phi) is 1.79. The monoisotopic (exact) mass is 176 g/mol. The molecular formula is C10H12N2O. The molecule has 68 valence electrons. The van der Waals surface area contributed by atoms with Crippen molar-refractivity contribution in [3.8, 4) is 0 Å². The van der Waals surface area contributed by atoms with E-state index in [1.54, 1.807) is 0 Å². The molecule has 2 aromatic rings. The van der Waals surface area contributed by atoms with Gasteiger partial charge in [-0.15, -0.1) is 0 Å². The van der Waals surface area contributed by atoms with Crippen molar-refractivity contribution in [1.29, 1.82) is 0 Å². The number of aromatic nitrogens is 2. The normalized spacial score (nSPS) is 11.4. The number of rotatable bonds is 1. The number of nitrogens with zero attached hydrogens (tertiary/aromatic N) is 2. The number of oxazole rings is 1. The lowest BCUT2D eigenvalue weighted by atomic mass is 10.1. The van der Waals surface area contributed by atoms with E-state index in [4.69, 9.17) is 4.42 Å². The van der Waals surface area contributed by atoms with Gasteiger partial charge in [0.15, 0.2) is 12.0 Å².